The SMILES string of the molecule is CC1(C)CC(=O)C2=C(C1)OC(N)=C([N+](=O)[O-])[C@@H]2c1ccc(Cl)cc1. The molecule has 6 nitrogen and oxygen atoms in total. The zero-order chi connectivity index (χ0) is 17.6. The number of carbonyl (C=O) groups is 1. The Kier molecular flexibility index (Phi) is 3.87. The van der Waals surface area contributed by atoms with Gasteiger partial charge in [0.1, 0.15) is 11.7 Å². The van der Waals surface area contributed by atoms with Crippen molar-refractivity contribution in [1.82, 2.24) is 0 Å². The second-order valence-electron chi connectivity index (χ2n) is 6.87. The highest BCUT2D eigenvalue weighted by atomic mass is 35.5. The van der Waals surface area contributed by atoms with Crippen molar-refractivity contribution in [2.75, 3.05) is 0 Å². The third kappa shape index (κ3) is 2.78. The molecule has 0 bridgehead atoms. The lowest BCUT2D eigenvalue weighted by molar-refractivity contribution is -0.433. The van der Waals surface area contributed by atoms with E-state index >= 15 is 0 Å². The molecule has 1 aromatic rings. The zero-order valence-corrected chi connectivity index (χ0v) is 14.1. The third-order valence-corrected chi connectivity index (χ3v) is 4.58. The van der Waals surface area contributed by atoms with Crippen LogP contribution in [0.2, 0.25) is 5.02 Å². The maximum absolute atomic E-state index is 12.7. The molecule has 0 aromatic heterocycles. The Morgan fingerprint density at radius 1 is 1.29 bits per heavy atom. The van der Waals surface area contributed by atoms with E-state index in [0.29, 0.717) is 34.8 Å². The fourth-order valence-corrected chi connectivity index (χ4v) is 3.46. The molecule has 0 amide bonds. The second-order valence-corrected chi connectivity index (χ2v) is 7.31. The number of nitro groups is 1. The lowest BCUT2D eigenvalue weighted by atomic mass is 9.71. The van der Waals surface area contributed by atoms with Crippen LogP contribution in [-0.2, 0) is 9.53 Å². The maximum Gasteiger partial charge on any atom is 0.317 e. The van der Waals surface area contributed by atoms with Gasteiger partial charge in [0.2, 0.25) is 0 Å². The number of rotatable bonds is 2. The average Bonchev–Trinajstić information content (AvgIpc) is 2.44. The van der Waals surface area contributed by atoms with Crippen molar-refractivity contribution in [3.8, 4) is 0 Å². The van der Waals surface area contributed by atoms with Crippen LogP contribution in [0.25, 0.3) is 0 Å². The molecular weight excluding hydrogens is 332 g/mol. The molecule has 1 aliphatic carbocycles. The molecule has 2 N–H and O–H groups in total. The summed E-state index contributed by atoms with van der Waals surface area (Å²) in [7, 11) is 0. The van der Waals surface area contributed by atoms with Crippen LogP contribution in [-0.4, -0.2) is 10.7 Å². The van der Waals surface area contributed by atoms with Crippen LogP contribution in [0.1, 0.15) is 38.2 Å². The second kappa shape index (κ2) is 5.63. The largest absolute Gasteiger partial charge is 0.440 e. The smallest absolute Gasteiger partial charge is 0.317 e. The molecule has 0 unspecified atom stereocenters. The Bertz CT molecular complexity index is 793. The highest BCUT2D eigenvalue weighted by molar-refractivity contribution is 6.30. The predicted molar refractivity (Wildman–Crippen MR) is 88.5 cm³/mol. The molecule has 0 saturated carbocycles. The molecule has 0 radical (unpaired) electrons. The number of ether oxygens (including phenoxy) is 1. The summed E-state index contributed by atoms with van der Waals surface area (Å²) in [6.07, 6.45) is 0.814. The summed E-state index contributed by atoms with van der Waals surface area (Å²) in [4.78, 5) is 23.7. The molecule has 1 aliphatic heterocycles. The van der Waals surface area contributed by atoms with E-state index in [0.717, 1.165) is 0 Å². The maximum atomic E-state index is 12.7. The topological polar surface area (TPSA) is 95.5 Å². The fourth-order valence-electron chi connectivity index (χ4n) is 3.33. The normalized spacial score (nSPS) is 23.0. The Morgan fingerprint density at radius 3 is 2.50 bits per heavy atom. The van der Waals surface area contributed by atoms with E-state index in [9.17, 15) is 14.9 Å². The molecule has 0 fully saturated rings. The highest BCUT2D eigenvalue weighted by Crippen LogP contribution is 2.48. The van der Waals surface area contributed by atoms with E-state index in [1.54, 1.807) is 24.3 Å². The molecule has 24 heavy (non-hydrogen) atoms. The van der Waals surface area contributed by atoms with Crippen LogP contribution in [0.15, 0.2) is 47.2 Å². The van der Waals surface area contributed by atoms with E-state index in [4.69, 9.17) is 22.1 Å². The minimum atomic E-state index is -0.843. The predicted octanol–water partition coefficient (Wildman–Crippen LogP) is 3.50. The molecule has 2 aliphatic rings. The molecule has 3 rings (SSSR count). The zero-order valence-electron chi connectivity index (χ0n) is 13.3. The summed E-state index contributed by atoms with van der Waals surface area (Å²) in [5, 5.41) is 12.1. The van der Waals surface area contributed by atoms with E-state index in [2.05, 4.69) is 0 Å². The molecule has 126 valence electrons. The highest BCUT2D eigenvalue weighted by Gasteiger charge is 2.47. The minimum Gasteiger partial charge on any atom is -0.440 e. The summed E-state index contributed by atoms with van der Waals surface area (Å²) in [6, 6.07) is 6.62. The number of nitrogens with two attached hydrogens (primary N) is 1. The van der Waals surface area contributed by atoms with Crippen molar-refractivity contribution >= 4 is 17.4 Å². The van der Waals surface area contributed by atoms with Crippen LogP contribution >= 0.6 is 11.6 Å². The molecule has 1 heterocycles. The van der Waals surface area contributed by atoms with Gasteiger partial charge in [0.05, 0.1) is 10.5 Å². The summed E-state index contributed by atoms with van der Waals surface area (Å²) in [5.74, 6) is -0.818. The van der Waals surface area contributed by atoms with Gasteiger partial charge in [-0.25, -0.2) is 0 Å². The van der Waals surface area contributed by atoms with Crippen molar-refractivity contribution in [1.29, 1.82) is 0 Å². The van der Waals surface area contributed by atoms with Gasteiger partial charge in [-0.1, -0.05) is 37.6 Å². The van der Waals surface area contributed by atoms with Crippen LogP contribution in [0.4, 0.5) is 0 Å². The van der Waals surface area contributed by atoms with Crippen molar-refractivity contribution in [3.05, 3.63) is 67.9 Å². The van der Waals surface area contributed by atoms with E-state index in [-0.39, 0.29) is 22.8 Å². The Balaban J connectivity index is 2.19. The fraction of sp³-hybridized carbons (Fsp3) is 0.353. The van der Waals surface area contributed by atoms with Crippen molar-refractivity contribution in [2.24, 2.45) is 11.1 Å². The minimum absolute atomic E-state index is 0.145. The molecule has 1 atom stereocenters. The molecule has 1 aromatic carbocycles. The first-order valence-corrected chi connectivity index (χ1v) is 7.91. The van der Waals surface area contributed by atoms with Gasteiger partial charge in [0.15, 0.2) is 5.78 Å². The van der Waals surface area contributed by atoms with Gasteiger partial charge in [0.25, 0.3) is 5.88 Å². The van der Waals surface area contributed by atoms with Gasteiger partial charge in [-0.2, -0.15) is 0 Å². The molecular formula is C17H17ClN2O4. The van der Waals surface area contributed by atoms with Crippen molar-refractivity contribution in [3.63, 3.8) is 0 Å². The van der Waals surface area contributed by atoms with Gasteiger partial charge >= 0.3 is 5.70 Å². The number of ketones is 1. The third-order valence-electron chi connectivity index (χ3n) is 4.33. The quantitative estimate of drug-likeness (QED) is 0.651. The van der Waals surface area contributed by atoms with Gasteiger partial charge < -0.3 is 10.5 Å². The van der Waals surface area contributed by atoms with Gasteiger partial charge in [-0.05, 0) is 23.1 Å². The Morgan fingerprint density at radius 2 is 1.92 bits per heavy atom. The van der Waals surface area contributed by atoms with E-state index in [1.165, 1.54) is 0 Å². The first-order valence-electron chi connectivity index (χ1n) is 7.53. The number of nitrogens with zero attached hydrogens (tertiary/aromatic N) is 1. The monoisotopic (exact) mass is 348 g/mol. The summed E-state index contributed by atoms with van der Waals surface area (Å²) >= 11 is 5.91. The standard InChI is InChI=1S/C17H17ClN2O4/c1-17(2)7-11(21)14-12(8-17)24-16(19)15(20(22)23)13(14)9-3-5-10(18)6-4-9/h3-6,13H,7-8,19H2,1-2H3/t13-/m1/s1. The summed E-state index contributed by atoms with van der Waals surface area (Å²) in [5.41, 5.74) is 6.18. The first kappa shape index (κ1) is 16.5. The first-order chi connectivity index (χ1) is 11.2. The van der Waals surface area contributed by atoms with E-state index < -0.39 is 10.8 Å². The van der Waals surface area contributed by atoms with Crippen LogP contribution in [0, 0.1) is 15.5 Å². The summed E-state index contributed by atoms with van der Waals surface area (Å²) in [6.45, 7) is 3.91. The number of Topliss-reactive ketones (excluding diaryl/α,β-unsaturated/α-hetero) is 1. The van der Waals surface area contributed by atoms with Gasteiger partial charge in [-0.15, -0.1) is 0 Å². The molecule has 7 heteroatoms. The summed E-state index contributed by atoms with van der Waals surface area (Å²) < 4.78 is 5.49. The average molecular weight is 349 g/mol. The Hall–Kier alpha value is -2.34. The number of carbonyl (C=O) groups excluding carboxylic acids is 1. The molecule has 0 saturated heterocycles. The van der Waals surface area contributed by atoms with Crippen LogP contribution in [0.5, 0.6) is 0 Å². The number of hydrogen-bond donors (Lipinski definition) is 1. The lowest BCUT2D eigenvalue weighted by Crippen LogP contribution is -2.35. The van der Waals surface area contributed by atoms with E-state index in [1.807, 2.05) is 13.8 Å². The van der Waals surface area contributed by atoms with Gasteiger partial charge in [-0.3, -0.25) is 14.9 Å². The number of benzene rings is 1. The number of hydrogen-bond acceptors (Lipinski definition) is 5. The Labute approximate surface area is 144 Å². The van der Waals surface area contributed by atoms with Crippen LogP contribution in [0.3, 0.4) is 0 Å². The lowest BCUT2D eigenvalue weighted by Gasteiger charge is -2.36. The van der Waals surface area contributed by atoms with Crippen molar-refractivity contribution < 1.29 is 14.5 Å². The van der Waals surface area contributed by atoms with Gasteiger partial charge in [0, 0.05) is 17.9 Å². The van der Waals surface area contributed by atoms with Crippen molar-refractivity contribution in [2.45, 2.75) is 32.6 Å². The molecule has 0 spiro atoms. The number of halogens is 1. The number of allylic oxidation sites excluding steroid dienone is 2. The van der Waals surface area contributed by atoms with Crippen LogP contribution < -0.4 is 5.73 Å².